The lowest BCUT2D eigenvalue weighted by atomic mass is 9.93. The van der Waals surface area contributed by atoms with Crippen molar-refractivity contribution < 1.29 is 13.5 Å². The largest absolute Gasteiger partial charge is 0.396 e. The van der Waals surface area contributed by atoms with Crippen molar-refractivity contribution in [3.63, 3.8) is 0 Å². The molecule has 3 N–H and O–H groups in total. The highest BCUT2D eigenvalue weighted by Crippen LogP contribution is 2.21. The fraction of sp³-hybridized carbons (Fsp3) is 1.00. The lowest BCUT2D eigenvalue weighted by Crippen LogP contribution is -2.47. The number of piperidine rings is 1. The predicted octanol–water partition coefficient (Wildman–Crippen LogP) is -0.860. The van der Waals surface area contributed by atoms with E-state index in [-0.39, 0.29) is 18.4 Å². The Hall–Kier alpha value is -0.170. The van der Waals surface area contributed by atoms with Gasteiger partial charge in [0.05, 0.1) is 0 Å². The fourth-order valence-electron chi connectivity index (χ4n) is 1.77. The van der Waals surface area contributed by atoms with Gasteiger partial charge in [0.1, 0.15) is 0 Å². The molecule has 0 aliphatic carbocycles. The number of rotatable bonds is 2. The number of nitrogens with two attached hydrogens (primary N) is 1. The Balaban J connectivity index is 2.68. The maximum Gasteiger partial charge on any atom is 0.276 e. The molecule has 2 unspecified atom stereocenters. The van der Waals surface area contributed by atoms with Crippen LogP contribution in [0.4, 0.5) is 0 Å². The summed E-state index contributed by atoms with van der Waals surface area (Å²) < 4.78 is 23.3. The van der Waals surface area contributed by atoms with Gasteiger partial charge in [0, 0.05) is 19.7 Å². The molecule has 0 aromatic heterocycles. The summed E-state index contributed by atoms with van der Waals surface area (Å²) in [7, 11) is -3.58. The van der Waals surface area contributed by atoms with E-state index in [1.165, 1.54) is 4.31 Å². The standard InChI is InChI=1S/C7H16N2O3S/c1-6-2-7(5-10)4-9(3-6)13(8,11)12/h6-7,10H,2-5H2,1H3,(H2,8,11,12). The third kappa shape index (κ3) is 2.91. The van der Waals surface area contributed by atoms with E-state index in [4.69, 9.17) is 10.2 Å². The van der Waals surface area contributed by atoms with Crippen LogP contribution in [0.5, 0.6) is 0 Å². The minimum Gasteiger partial charge on any atom is -0.396 e. The first-order chi connectivity index (χ1) is 5.93. The average molecular weight is 208 g/mol. The van der Waals surface area contributed by atoms with Crippen LogP contribution in [0.2, 0.25) is 0 Å². The normalized spacial score (nSPS) is 31.9. The molecule has 1 aliphatic rings. The first kappa shape index (κ1) is 10.9. The van der Waals surface area contributed by atoms with Gasteiger partial charge in [0.2, 0.25) is 0 Å². The van der Waals surface area contributed by atoms with Crippen molar-refractivity contribution in [2.75, 3.05) is 19.7 Å². The number of hydrogen-bond acceptors (Lipinski definition) is 3. The minimum absolute atomic E-state index is 0.0242. The summed E-state index contributed by atoms with van der Waals surface area (Å²) >= 11 is 0. The first-order valence-electron chi connectivity index (χ1n) is 4.32. The molecule has 1 rings (SSSR count). The van der Waals surface area contributed by atoms with Gasteiger partial charge < -0.3 is 5.11 Å². The monoisotopic (exact) mass is 208 g/mol. The molecule has 1 fully saturated rings. The Bertz CT molecular complexity index is 265. The number of nitrogens with zero attached hydrogens (tertiary/aromatic N) is 1. The number of aliphatic hydroxyl groups is 1. The van der Waals surface area contributed by atoms with Crippen molar-refractivity contribution in [3.05, 3.63) is 0 Å². The SMILES string of the molecule is CC1CC(CO)CN(S(N)(=O)=O)C1. The number of aliphatic hydroxyl groups excluding tert-OH is 1. The molecule has 0 aromatic carbocycles. The second kappa shape index (κ2) is 3.91. The predicted molar refractivity (Wildman–Crippen MR) is 49.0 cm³/mol. The van der Waals surface area contributed by atoms with Crippen LogP contribution in [0.25, 0.3) is 0 Å². The molecule has 1 aliphatic heterocycles. The molecule has 0 spiro atoms. The first-order valence-corrected chi connectivity index (χ1v) is 5.82. The molecule has 0 saturated carbocycles. The topological polar surface area (TPSA) is 83.6 Å². The lowest BCUT2D eigenvalue weighted by molar-refractivity contribution is 0.137. The van der Waals surface area contributed by atoms with E-state index in [0.717, 1.165) is 6.42 Å². The quantitative estimate of drug-likeness (QED) is 0.619. The molecule has 78 valence electrons. The van der Waals surface area contributed by atoms with Gasteiger partial charge in [0.15, 0.2) is 0 Å². The van der Waals surface area contributed by atoms with E-state index in [1.54, 1.807) is 0 Å². The zero-order valence-electron chi connectivity index (χ0n) is 7.68. The average Bonchev–Trinajstić information content (AvgIpc) is 2.01. The van der Waals surface area contributed by atoms with Crippen molar-refractivity contribution in [1.29, 1.82) is 0 Å². The van der Waals surface area contributed by atoms with Crippen LogP contribution >= 0.6 is 0 Å². The van der Waals surface area contributed by atoms with Gasteiger partial charge in [0.25, 0.3) is 10.2 Å². The highest BCUT2D eigenvalue weighted by molar-refractivity contribution is 7.86. The third-order valence-electron chi connectivity index (χ3n) is 2.33. The maximum absolute atomic E-state index is 11.0. The molecule has 2 atom stereocenters. The van der Waals surface area contributed by atoms with Crippen LogP contribution in [0, 0.1) is 11.8 Å². The second-order valence-corrected chi connectivity index (χ2v) is 5.30. The highest BCUT2D eigenvalue weighted by atomic mass is 32.2. The van der Waals surface area contributed by atoms with Gasteiger partial charge in [-0.1, -0.05) is 6.92 Å². The van der Waals surface area contributed by atoms with Gasteiger partial charge in [-0.05, 0) is 18.3 Å². The van der Waals surface area contributed by atoms with Gasteiger partial charge in [-0.15, -0.1) is 0 Å². The number of hydrogen-bond donors (Lipinski definition) is 2. The molecule has 0 amide bonds. The third-order valence-corrected chi connectivity index (χ3v) is 3.35. The smallest absolute Gasteiger partial charge is 0.276 e. The molecular weight excluding hydrogens is 192 g/mol. The second-order valence-electron chi connectivity index (χ2n) is 3.75. The van der Waals surface area contributed by atoms with Gasteiger partial charge in [-0.2, -0.15) is 12.7 Å². The van der Waals surface area contributed by atoms with E-state index in [9.17, 15) is 8.42 Å². The summed E-state index contributed by atoms with van der Waals surface area (Å²) in [6.07, 6.45) is 0.864. The molecule has 5 nitrogen and oxygen atoms in total. The van der Waals surface area contributed by atoms with E-state index >= 15 is 0 Å². The molecule has 1 heterocycles. The van der Waals surface area contributed by atoms with E-state index in [0.29, 0.717) is 13.1 Å². The van der Waals surface area contributed by atoms with Crippen molar-refractivity contribution in [2.45, 2.75) is 13.3 Å². The summed E-state index contributed by atoms with van der Waals surface area (Å²) in [6.45, 7) is 2.80. The zero-order chi connectivity index (χ0) is 10.1. The molecule has 0 aromatic rings. The summed E-state index contributed by atoms with van der Waals surface area (Å²) in [6, 6.07) is 0. The molecule has 6 heteroatoms. The van der Waals surface area contributed by atoms with Crippen LogP contribution in [0.15, 0.2) is 0 Å². The lowest BCUT2D eigenvalue weighted by Gasteiger charge is -2.33. The highest BCUT2D eigenvalue weighted by Gasteiger charge is 2.29. The fourth-order valence-corrected chi connectivity index (χ4v) is 2.65. The Morgan fingerprint density at radius 1 is 1.54 bits per heavy atom. The molecule has 0 bridgehead atoms. The van der Waals surface area contributed by atoms with Crippen LogP contribution < -0.4 is 5.14 Å². The summed E-state index contributed by atoms with van der Waals surface area (Å²) in [5.41, 5.74) is 0. The Morgan fingerprint density at radius 3 is 2.62 bits per heavy atom. The summed E-state index contributed by atoms with van der Waals surface area (Å²) in [5.74, 6) is 0.297. The zero-order valence-corrected chi connectivity index (χ0v) is 8.50. The minimum atomic E-state index is -3.58. The molecule has 1 saturated heterocycles. The van der Waals surface area contributed by atoms with Crippen molar-refractivity contribution in [1.82, 2.24) is 4.31 Å². The van der Waals surface area contributed by atoms with Crippen molar-refractivity contribution in [2.24, 2.45) is 17.0 Å². The Morgan fingerprint density at radius 2 is 2.15 bits per heavy atom. The molecule has 0 radical (unpaired) electrons. The summed E-state index contributed by atoms with van der Waals surface area (Å²) in [4.78, 5) is 0. The molecular formula is C7H16N2O3S. The van der Waals surface area contributed by atoms with Gasteiger partial charge in [-0.25, -0.2) is 5.14 Å². The van der Waals surface area contributed by atoms with Crippen molar-refractivity contribution in [3.8, 4) is 0 Å². The van der Waals surface area contributed by atoms with Crippen LogP contribution in [0.1, 0.15) is 13.3 Å². The van der Waals surface area contributed by atoms with E-state index < -0.39 is 10.2 Å². The van der Waals surface area contributed by atoms with Crippen LogP contribution in [-0.4, -0.2) is 37.5 Å². The maximum atomic E-state index is 11.0. The van der Waals surface area contributed by atoms with E-state index in [1.807, 2.05) is 6.92 Å². The van der Waals surface area contributed by atoms with Crippen molar-refractivity contribution >= 4 is 10.2 Å². The van der Waals surface area contributed by atoms with Gasteiger partial charge in [-0.3, -0.25) is 0 Å². The van der Waals surface area contributed by atoms with Crippen LogP contribution in [0.3, 0.4) is 0 Å². The van der Waals surface area contributed by atoms with E-state index in [2.05, 4.69) is 0 Å². The molecule has 13 heavy (non-hydrogen) atoms. The van der Waals surface area contributed by atoms with Crippen LogP contribution in [-0.2, 0) is 10.2 Å². The Kier molecular flexibility index (Phi) is 3.28. The summed E-state index contributed by atoms with van der Waals surface area (Å²) in [5, 5.41) is 13.9. The van der Waals surface area contributed by atoms with Gasteiger partial charge >= 0.3 is 0 Å². The Labute approximate surface area is 78.7 Å².